The summed E-state index contributed by atoms with van der Waals surface area (Å²) in [5.74, 6) is 0.662. The van der Waals surface area contributed by atoms with Crippen LogP contribution in [0.4, 0.5) is 5.82 Å². The van der Waals surface area contributed by atoms with Gasteiger partial charge in [-0.1, -0.05) is 6.07 Å². The molecule has 2 aromatic heterocycles. The Hall–Kier alpha value is -2.21. The Morgan fingerprint density at radius 1 is 1.42 bits per heavy atom. The van der Waals surface area contributed by atoms with Gasteiger partial charge in [0.2, 0.25) is 5.91 Å². The number of aromatic nitrogens is 3. The molecule has 0 saturated heterocycles. The first-order valence-corrected chi connectivity index (χ1v) is 6.19. The number of pyridine rings is 1. The molecule has 0 spiro atoms. The summed E-state index contributed by atoms with van der Waals surface area (Å²) in [6.45, 7) is 0.641. The Morgan fingerprint density at radius 3 is 3.11 bits per heavy atom. The third kappa shape index (κ3) is 2.22. The standard InChI is InChI=1S/C13H15N5O/c1-18(12-4-2-3-5-14-12)13(19)10-6-9-11(7-15-10)17-8-16-9/h2-5,8,10,15H,6-7H2,1H3,(H,16,17). The molecule has 0 saturated carbocycles. The minimum atomic E-state index is -0.247. The van der Waals surface area contributed by atoms with E-state index in [1.165, 1.54) is 0 Å². The van der Waals surface area contributed by atoms with Gasteiger partial charge in [-0.15, -0.1) is 0 Å². The predicted octanol–water partition coefficient (Wildman–Crippen LogP) is 0.482. The molecule has 2 aromatic rings. The van der Waals surface area contributed by atoms with Crippen LogP contribution in [0.1, 0.15) is 11.4 Å². The molecule has 6 nitrogen and oxygen atoms in total. The van der Waals surface area contributed by atoms with E-state index in [1.54, 1.807) is 24.5 Å². The molecule has 3 rings (SSSR count). The minimum absolute atomic E-state index is 0.00681. The van der Waals surface area contributed by atoms with E-state index in [4.69, 9.17) is 0 Å². The van der Waals surface area contributed by atoms with Gasteiger partial charge in [-0.25, -0.2) is 9.97 Å². The number of fused-ring (bicyclic) bond motifs is 1. The maximum absolute atomic E-state index is 12.4. The molecule has 0 bridgehead atoms. The smallest absolute Gasteiger partial charge is 0.245 e. The van der Waals surface area contributed by atoms with Crippen LogP contribution in [-0.2, 0) is 17.8 Å². The molecule has 1 atom stereocenters. The number of carbonyl (C=O) groups excluding carboxylic acids is 1. The zero-order valence-corrected chi connectivity index (χ0v) is 10.6. The number of H-pyrrole nitrogens is 1. The number of hydrogen-bond acceptors (Lipinski definition) is 4. The number of aromatic amines is 1. The van der Waals surface area contributed by atoms with Gasteiger partial charge in [0.15, 0.2) is 0 Å². The quantitative estimate of drug-likeness (QED) is 0.820. The van der Waals surface area contributed by atoms with Gasteiger partial charge >= 0.3 is 0 Å². The Morgan fingerprint density at radius 2 is 2.32 bits per heavy atom. The van der Waals surface area contributed by atoms with Crippen molar-refractivity contribution in [2.24, 2.45) is 0 Å². The molecule has 0 aromatic carbocycles. The number of amides is 1. The Kier molecular flexibility index (Phi) is 3.00. The van der Waals surface area contributed by atoms with Crippen molar-refractivity contribution in [1.82, 2.24) is 20.3 Å². The summed E-state index contributed by atoms with van der Waals surface area (Å²) in [6.07, 6.45) is 3.95. The lowest BCUT2D eigenvalue weighted by Crippen LogP contribution is -2.48. The fourth-order valence-electron chi connectivity index (χ4n) is 2.24. The Balaban J connectivity index is 1.75. The molecule has 3 heterocycles. The van der Waals surface area contributed by atoms with Gasteiger partial charge in [0.1, 0.15) is 5.82 Å². The van der Waals surface area contributed by atoms with Crippen LogP contribution >= 0.6 is 0 Å². The average molecular weight is 257 g/mol. The summed E-state index contributed by atoms with van der Waals surface area (Å²) >= 11 is 0. The predicted molar refractivity (Wildman–Crippen MR) is 70.6 cm³/mol. The summed E-state index contributed by atoms with van der Waals surface area (Å²) < 4.78 is 0. The highest BCUT2D eigenvalue weighted by Gasteiger charge is 2.28. The van der Waals surface area contributed by atoms with E-state index < -0.39 is 0 Å². The van der Waals surface area contributed by atoms with Gasteiger partial charge in [-0.3, -0.25) is 15.0 Å². The van der Waals surface area contributed by atoms with Crippen molar-refractivity contribution in [2.75, 3.05) is 11.9 Å². The van der Waals surface area contributed by atoms with Crippen LogP contribution in [0.5, 0.6) is 0 Å². The van der Waals surface area contributed by atoms with E-state index in [2.05, 4.69) is 20.3 Å². The molecule has 98 valence electrons. The molecular weight excluding hydrogens is 242 g/mol. The first kappa shape index (κ1) is 11.9. The van der Waals surface area contributed by atoms with Crippen molar-refractivity contribution in [3.8, 4) is 0 Å². The normalized spacial score (nSPS) is 17.8. The summed E-state index contributed by atoms with van der Waals surface area (Å²) in [6, 6.07) is 5.27. The van der Waals surface area contributed by atoms with Gasteiger partial charge in [0.25, 0.3) is 0 Å². The molecule has 19 heavy (non-hydrogen) atoms. The van der Waals surface area contributed by atoms with Crippen molar-refractivity contribution in [2.45, 2.75) is 19.0 Å². The summed E-state index contributed by atoms with van der Waals surface area (Å²) in [5, 5.41) is 3.22. The maximum Gasteiger partial charge on any atom is 0.245 e. The number of rotatable bonds is 2. The van der Waals surface area contributed by atoms with E-state index in [0.717, 1.165) is 11.4 Å². The summed E-state index contributed by atoms with van der Waals surface area (Å²) in [5.41, 5.74) is 2.02. The van der Waals surface area contributed by atoms with Crippen LogP contribution in [-0.4, -0.2) is 33.9 Å². The number of hydrogen-bond donors (Lipinski definition) is 2. The molecule has 1 aliphatic rings. The van der Waals surface area contributed by atoms with Gasteiger partial charge in [0.05, 0.1) is 23.8 Å². The van der Waals surface area contributed by atoms with E-state index in [1.807, 2.05) is 18.2 Å². The lowest BCUT2D eigenvalue weighted by molar-refractivity contribution is -0.120. The van der Waals surface area contributed by atoms with Crippen LogP contribution < -0.4 is 10.2 Å². The first-order valence-electron chi connectivity index (χ1n) is 6.19. The van der Waals surface area contributed by atoms with Crippen molar-refractivity contribution in [3.63, 3.8) is 0 Å². The van der Waals surface area contributed by atoms with Gasteiger partial charge < -0.3 is 4.98 Å². The first-order chi connectivity index (χ1) is 9.25. The van der Waals surface area contributed by atoms with E-state index in [0.29, 0.717) is 18.8 Å². The van der Waals surface area contributed by atoms with Crippen molar-refractivity contribution in [3.05, 3.63) is 42.1 Å². The second kappa shape index (κ2) is 4.81. The Labute approximate surface area is 110 Å². The molecular formula is C13H15N5O. The highest BCUT2D eigenvalue weighted by atomic mass is 16.2. The zero-order chi connectivity index (χ0) is 13.2. The lowest BCUT2D eigenvalue weighted by Gasteiger charge is -2.26. The molecule has 0 fully saturated rings. The summed E-state index contributed by atoms with van der Waals surface area (Å²) in [4.78, 5) is 25.5. The lowest BCUT2D eigenvalue weighted by atomic mass is 10.0. The molecule has 1 amide bonds. The number of nitrogens with zero attached hydrogens (tertiary/aromatic N) is 3. The number of imidazole rings is 1. The SMILES string of the molecule is CN(C(=O)C1Cc2nc[nH]c2CN1)c1ccccn1. The third-order valence-corrected chi connectivity index (χ3v) is 3.35. The second-order valence-electron chi connectivity index (χ2n) is 4.55. The van der Waals surface area contributed by atoms with Gasteiger partial charge in [0, 0.05) is 26.2 Å². The molecule has 0 radical (unpaired) electrons. The monoisotopic (exact) mass is 257 g/mol. The van der Waals surface area contributed by atoms with Crippen molar-refractivity contribution < 1.29 is 4.79 Å². The van der Waals surface area contributed by atoms with Crippen LogP contribution in [0, 0.1) is 0 Å². The number of anilines is 1. The van der Waals surface area contributed by atoms with Crippen LogP contribution in [0.3, 0.4) is 0 Å². The molecule has 0 aliphatic carbocycles. The van der Waals surface area contributed by atoms with E-state index in [-0.39, 0.29) is 11.9 Å². The van der Waals surface area contributed by atoms with Crippen molar-refractivity contribution >= 4 is 11.7 Å². The van der Waals surface area contributed by atoms with Crippen molar-refractivity contribution in [1.29, 1.82) is 0 Å². The zero-order valence-electron chi connectivity index (χ0n) is 10.6. The highest BCUT2D eigenvalue weighted by molar-refractivity contribution is 5.96. The third-order valence-electron chi connectivity index (χ3n) is 3.35. The van der Waals surface area contributed by atoms with Crippen LogP contribution in [0.15, 0.2) is 30.7 Å². The minimum Gasteiger partial charge on any atom is -0.347 e. The largest absolute Gasteiger partial charge is 0.347 e. The number of likely N-dealkylation sites (N-methyl/N-ethyl adjacent to an activating group) is 1. The Bertz CT molecular complexity index is 580. The van der Waals surface area contributed by atoms with Gasteiger partial charge in [-0.05, 0) is 12.1 Å². The van der Waals surface area contributed by atoms with Crippen LogP contribution in [0.25, 0.3) is 0 Å². The maximum atomic E-state index is 12.4. The summed E-state index contributed by atoms with van der Waals surface area (Å²) in [7, 11) is 1.74. The number of carbonyl (C=O) groups is 1. The highest BCUT2D eigenvalue weighted by Crippen LogP contribution is 2.15. The second-order valence-corrected chi connectivity index (χ2v) is 4.55. The molecule has 6 heteroatoms. The van der Waals surface area contributed by atoms with Crippen LogP contribution in [0.2, 0.25) is 0 Å². The molecule has 1 aliphatic heterocycles. The fraction of sp³-hybridized carbons (Fsp3) is 0.308. The van der Waals surface area contributed by atoms with E-state index >= 15 is 0 Å². The van der Waals surface area contributed by atoms with E-state index in [9.17, 15) is 4.79 Å². The average Bonchev–Trinajstić information content (AvgIpc) is 2.94. The molecule has 1 unspecified atom stereocenters. The van der Waals surface area contributed by atoms with Gasteiger partial charge in [-0.2, -0.15) is 0 Å². The molecule has 2 N–H and O–H groups in total. The number of nitrogens with one attached hydrogen (secondary N) is 2. The fourth-order valence-corrected chi connectivity index (χ4v) is 2.24. The topological polar surface area (TPSA) is 73.9 Å².